The van der Waals surface area contributed by atoms with E-state index in [2.05, 4.69) is 0 Å². The second-order valence-corrected chi connectivity index (χ2v) is 5.70. The first-order chi connectivity index (χ1) is 12.5. The van der Waals surface area contributed by atoms with Gasteiger partial charge in [0.25, 0.3) is 0 Å². The highest BCUT2D eigenvalue weighted by molar-refractivity contribution is 6.02. The number of phenols is 1. The molecule has 0 amide bonds. The van der Waals surface area contributed by atoms with Crippen LogP contribution in [0.5, 0.6) is 34.5 Å². The van der Waals surface area contributed by atoms with E-state index >= 15 is 0 Å². The Balaban J connectivity index is 2.10. The lowest BCUT2D eigenvalue weighted by atomic mass is 9.94. The molecule has 0 spiro atoms. The standard InChI is InChI=1S/C19H20O7/c1-22-10-5-12(20)18-13(21)9-17(26-16(18)8-10)19-14(24-3)6-11(23-2)7-15(19)25-4/h5-8,17,20H,9H2,1-4H3/t17-/m1/s1. The van der Waals surface area contributed by atoms with Crippen LogP contribution in [0, 0.1) is 0 Å². The van der Waals surface area contributed by atoms with E-state index < -0.39 is 6.10 Å². The second kappa shape index (κ2) is 7.03. The Morgan fingerprint density at radius 2 is 1.50 bits per heavy atom. The number of carbonyl (C=O) groups excluding carboxylic acids is 1. The van der Waals surface area contributed by atoms with Crippen LogP contribution in [0.3, 0.4) is 0 Å². The van der Waals surface area contributed by atoms with Crippen molar-refractivity contribution < 1.29 is 33.6 Å². The molecule has 0 radical (unpaired) electrons. The third-order valence-electron chi connectivity index (χ3n) is 4.28. The number of hydrogen-bond acceptors (Lipinski definition) is 7. The number of rotatable bonds is 5. The van der Waals surface area contributed by atoms with Crippen LogP contribution < -0.4 is 23.7 Å². The van der Waals surface area contributed by atoms with E-state index in [9.17, 15) is 9.90 Å². The molecule has 0 aliphatic carbocycles. The molecule has 1 N–H and O–H groups in total. The Bertz CT molecular complexity index is 819. The van der Waals surface area contributed by atoms with Gasteiger partial charge in [0.15, 0.2) is 5.78 Å². The average molecular weight is 360 g/mol. The van der Waals surface area contributed by atoms with Gasteiger partial charge in [-0.1, -0.05) is 0 Å². The Morgan fingerprint density at radius 3 is 2.04 bits per heavy atom. The summed E-state index contributed by atoms with van der Waals surface area (Å²) < 4.78 is 27.3. The fourth-order valence-corrected chi connectivity index (χ4v) is 3.04. The van der Waals surface area contributed by atoms with Gasteiger partial charge in [-0.15, -0.1) is 0 Å². The minimum atomic E-state index is -0.641. The molecule has 2 aromatic carbocycles. The summed E-state index contributed by atoms with van der Waals surface area (Å²) in [5.41, 5.74) is 0.741. The molecule has 0 fully saturated rings. The summed E-state index contributed by atoms with van der Waals surface area (Å²) in [6, 6.07) is 6.35. The van der Waals surface area contributed by atoms with E-state index in [0.29, 0.717) is 28.6 Å². The van der Waals surface area contributed by atoms with Gasteiger partial charge in [-0.05, 0) is 0 Å². The minimum absolute atomic E-state index is 0.0337. The molecule has 2 aromatic rings. The smallest absolute Gasteiger partial charge is 0.174 e. The van der Waals surface area contributed by atoms with Gasteiger partial charge >= 0.3 is 0 Å². The first-order valence-electron chi connectivity index (χ1n) is 7.93. The lowest BCUT2D eigenvalue weighted by molar-refractivity contribution is 0.0838. The SMILES string of the molecule is COc1cc(O)c2c(c1)O[C@@H](c1c(OC)cc(OC)cc1OC)CC2=O. The number of benzene rings is 2. The van der Waals surface area contributed by atoms with Gasteiger partial charge in [-0.3, -0.25) is 4.79 Å². The second-order valence-electron chi connectivity index (χ2n) is 5.70. The molecule has 0 saturated carbocycles. The molecule has 138 valence electrons. The molecule has 3 rings (SSSR count). The molecule has 1 aliphatic heterocycles. The first kappa shape index (κ1) is 17.7. The summed E-state index contributed by atoms with van der Waals surface area (Å²) in [6.07, 6.45) is -0.608. The number of aromatic hydroxyl groups is 1. The molecule has 26 heavy (non-hydrogen) atoms. The van der Waals surface area contributed by atoms with Crippen molar-refractivity contribution in [1.29, 1.82) is 0 Å². The number of ether oxygens (including phenoxy) is 5. The summed E-state index contributed by atoms with van der Waals surface area (Å²) in [6.45, 7) is 0. The Morgan fingerprint density at radius 1 is 0.923 bits per heavy atom. The van der Waals surface area contributed by atoms with Crippen LogP contribution in [0.2, 0.25) is 0 Å². The zero-order valence-corrected chi connectivity index (χ0v) is 15.0. The summed E-state index contributed by atoms with van der Waals surface area (Å²) in [5, 5.41) is 10.1. The van der Waals surface area contributed by atoms with E-state index in [1.54, 1.807) is 25.3 Å². The molecular weight excluding hydrogens is 340 g/mol. The maximum Gasteiger partial charge on any atom is 0.174 e. The van der Waals surface area contributed by atoms with Gasteiger partial charge in [0.1, 0.15) is 46.2 Å². The van der Waals surface area contributed by atoms with Crippen molar-refractivity contribution in [3.05, 3.63) is 35.4 Å². The van der Waals surface area contributed by atoms with Crippen molar-refractivity contribution in [1.82, 2.24) is 0 Å². The van der Waals surface area contributed by atoms with Crippen molar-refractivity contribution in [2.75, 3.05) is 28.4 Å². The zero-order valence-electron chi connectivity index (χ0n) is 15.0. The van der Waals surface area contributed by atoms with Crippen molar-refractivity contribution in [2.45, 2.75) is 12.5 Å². The number of hydrogen-bond donors (Lipinski definition) is 1. The third kappa shape index (κ3) is 2.96. The average Bonchev–Trinajstić information content (AvgIpc) is 2.65. The van der Waals surface area contributed by atoms with Crippen LogP contribution in [0.25, 0.3) is 0 Å². The van der Waals surface area contributed by atoms with Crippen molar-refractivity contribution >= 4 is 5.78 Å². The van der Waals surface area contributed by atoms with Crippen LogP contribution in [0.4, 0.5) is 0 Å². The summed E-state index contributed by atoms with van der Waals surface area (Å²) in [7, 11) is 6.05. The quantitative estimate of drug-likeness (QED) is 0.877. The highest BCUT2D eigenvalue weighted by Gasteiger charge is 2.34. The van der Waals surface area contributed by atoms with E-state index in [4.69, 9.17) is 23.7 Å². The van der Waals surface area contributed by atoms with Crippen LogP contribution in [0.1, 0.15) is 28.4 Å². The third-order valence-corrected chi connectivity index (χ3v) is 4.28. The molecule has 1 aliphatic rings. The minimum Gasteiger partial charge on any atom is -0.507 e. The van der Waals surface area contributed by atoms with Crippen molar-refractivity contribution in [2.24, 2.45) is 0 Å². The van der Waals surface area contributed by atoms with Crippen LogP contribution >= 0.6 is 0 Å². The van der Waals surface area contributed by atoms with E-state index in [-0.39, 0.29) is 29.3 Å². The van der Waals surface area contributed by atoms with Gasteiger partial charge in [-0.25, -0.2) is 0 Å². The molecule has 7 heteroatoms. The lowest BCUT2D eigenvalue weighted by Crippen LogP contribution is -2.21. The maximum absolute atomic E-state index is 12.6. The number of phenolic OH excluding ortho intramolecular Hbond substituents is 1. The predicted octanol–water partition coefficient (Wildman–Crippen LogP) is 3.13. The lowest BCUT2D eigenvalue weighted by Gasteiger charge is -2.28. The molecule has 0 unspecified atom stereocenters. The molecule has 0 bridgehead atoms. The normalized spacial score (nSPS) is 15.7. The highest BCUT2D eigenvalue weighted by Crippen LogP contribution is 2.47. The van der Waals surface area contributed by atoms with Crippen molar-refractivity contribution in [3.8, 4) is 34.5 Å². The Labute approximate surface area is 151 Å². The molecule has 7 nitrogen and oxygen atoms in total. The molecule has 1 heterocycles. The van der Waals surface area contributed by atoms with Crippen LogP contribution in [0.15, 0.2) is 24.3 Å². The van der Waals surface area contributed by atoms with E-state index in [0.717, 1.165) is 0 Å². The number of fused-ring (bicyclic) bond motifs is 1. The van der Waals surface area contributed by atoms with Gasteiger partial charge in [0.2, 0.25) is 0 Å². The zero-order chi connectivity index (χ0) is 18.8. The van der Waals surface area contributed by atoms with Gasteiger partial charge in [0, 0.05) is 24.3 Å². The fraction of sp³-hybridized carbons (Fsp3) is 0.316. The fourth-order valence-electron chi connectivity index (χ4n) is 3.04. The van der Waals surface area contributed by atoms with E-state index in [1.807, 2.05) is 0 Å². The molecule has 0 saturated heterocycles. The number of ketones is 1. The predicted molar refractivity (Wildman–Crippen MR) is 93.1 cm³/mol. The van der Waals surface area contributed by atoms with Gasteiger partial charge < -0.3 is 28.8 Å². The summed E-state index contributed by atoms with van der Waals surface area (Å²) in [4.78, 5) is 12.6. The number of carbonyl (C=O) groups is 1. The molecular formula is C19H20O7. The van der Waals surface area contributed by atoms with Crippen LogP contribution in [-0.4, -0.2) is 39.3 Å². The number of Topliss-reactive ketones (excluding diaryl/α,β-unsaturated/α-hetero) is 1. The van der Waals surface area contributed by atoms with Gasteiger partial charge in [0.05, 0.1) is 40.4 Å². The Kier molecular flexibility index (Phi) is 4.79. The van der Waals surface area contributed by atoms with Crippen LogP contribution in [-0.2, 0) is 0 Å². The highest BCUT2D eigenvalue weighted by atomic mass is 16.5. The topological polar surface area (TPSA) is 83.5 Å². The number of methoxy groups -OCH3 is 4. The van der Waals surface area contributed by atoms with Gasteiger partial charge in [-0.2, -0.15) is 0 Å². The molecule has 0 aromatic heterocycles. The summed E-state index contributed by atoms with van der Waals surface area (Å²) >= 11 is 0. The summed E-state index contributed by atoms with van der Waals surface area (Å²) in [5.74, 6) is 1.76. The largest absolute Gasteiger partial charge is 0.507 e. The monoisotopic (exact) mass is 360 g/mol. The Hall–Kier alpha value is -3.09. The van der Waals surface area contributed by atoms with E-state index in [1.165, 1.54) is 27.4 Å². The first-order valence-corrected chi connectivity index (χ1v) is 7.93. The molecule has 1 atom stereocenters. The van der Waals surface area contributed by atoms with Crippen molar-refractivity contribution in [3.63, 3.8) is 0 Å². The maximum atomic E-state index is 12.6.